The number of nitriles is 1. The van der Waals surface area contributed by atoms with Crippen LogP contribution in [0.2, 0.25) is 5.02 Å². The van der Waals surface area contributed by atoms with Crippen molar-refractivity contribution in [3.05, 3.63) is 56.8 Å². The molecule has 1 amide bonds. The zero-order valence-electron chi connectivity index (χ0n) is 13.6. The van der Waals surface area contributed by atoms with Crippen LogP contribution in [0.15, 0.2) is 40.3 Å². The Balaban J connectivity index is 1.87. The minimum atomic E-state index is -0.571. The number of likely N-dealkylation sites (tertiary alicyclic amines) is 1. The average Bonchev–Trinajstić information content (AvgIpc) is 3.31. The third kappa shape index (κ3) is 3.60. The summed E-state index contributed by atoms with van der Waals surface area (Å²) in [6.07, 6.45) is 3.25. The van der Waals surface area contributed by atoms with Crippen LogP contribution < -0.4 is 0 Å². The quantitative estimate of drug-likeness (QED) is 0.349. The topological polar surface area (TPSA) is 100 Å². The Morgan fingerprint density at radius 1 is 1.31 bits per heavy atom. The Kier molecular flexibility index (Phi) is 5.05. The Bertz CT molecular complexity index is 936. The highest BCUT2D eigenvalue weighted by Crippen LogP contribution is 2.31. The first-order chi connectivity index (χ1) is 12.5. The average molecular weight is 372 g/mol. The summed E-state index contributed by atoms with van der Waals surface area (Å²) in [6, 6.07) is 9.47. The molecule has 0 aliphatic carbocycles. The lowest BCUT2D eigenvalue weighted by atomic mass is 10.1. The van der Waals surface area contributed by atoms with Gasteiger partial charge in [-0.1, -0.05) is 11.6 Å². The van der Waals surface area contributed by atoms with E-state index in [1.807, 2.05) is 6.07 Å². The highest BCUT2D eigenvalue weighted by molar-refractivity contribution is 6.32. The molecule has 1 fully saturated rings. The second kappa shape index (κ2) is 7.42. The van der Waals surface area contributed by atoms with Crippen molar-refractivity contribution in [3.63, 3.8) is 0 Å². The number of carbonyl (C=O) groups is 1. The second-order valence-corrected chi connectivity index (χ2v) is 6.20. The fraction of sp³-hybridized carbons (Fsp3) is 0.222. The van der Waals surface area contributed by atoms with Crippen LogP contribution >= 0.6 is 11.6 Å². The molecule has 0 radical (unpaired) electrons. The summed E-state index contributed by atoms with van der Waals surface area (Å²) in [7, 11) is 0. The number of nitro benzene ring substituents is 1. The Morgan fingerprint density at radius 3 is 2.69 bits per heavy atom. The van der Waals surface area contributed by atoms with Crippen LogP contribution in [0.3, 0.4) is 0 Å². The van der Waals surface area contributed by atoms with Crippen molar-refractivity contribution < 1.29 is 14.1 Å². The number of rotatable bonds is 4. The van der Waals surface area contributed by atoms with Gasteiger partial charge in [-0.15, -0.1) is 0 Å². The first kappa shape index (κ1) is 17.7. The van der Waals surface area contributed by atoms with E-state index in [2.05, 4.69) is 0 Å². The van der Waals surface area contributed by atoms with Gasteiger partial charge >= 0.3 is 0 Å². The summed E-state index contributed by atoms with van der Waals surface area (Å²) in [5.74, 6) is 0.383. The molecule has 0 atom stereocenters. The second-order valence-electron chi connectivity index (χ2n) is 5.79. The fourth-order valence-corrected chi connectivity index (χ4v) is 2.95. The maximum Gasteiger partial charge on any atom is 0.288 e. The van der Waals surface area contributed by atoms with Crippen LogP contribution in [-0.2, 0) is 4.79 Å². The van der Waals surface area contributed by atoms with Crippen molar-refractivity contribution in [1.29, 1.82) is 5.26 Å². The predicted molar refractivity (Wildman–Crippen MR) is 95.2 cm³/mol. The first-order valence-electron chi connectivity index (χ1n) is 7.95. The summed E-state index contributed by atoms with van der Waals surface area (Å²) >= 11 is 5.81. The van der Waals surface area contributed by atoms with Gasteiger partial charge in [-0.25, -0.2) is 0 Å². The predicted octanol–water partition coefficient (Wildman–Crippen LogP) is 4.04. The molecule has 3 rings (SSSR count). The molecule has 2 heterocycles. The fourth-order valence-electron chi connectivity index (χ4n) is 2.77. The van der Waals surface area contributed by atoms with Crippen LogP contribution in [-0.4, -0.2) is 28.8 Å². The number of amides is 1. The van der Waals surface area contributed by atoms with E-state index in [-0.39, 0.29) is 22.2 Å². The van der Waals surface area contributed by atoms with Gasteiger partial charge in [-0.05, 0) is 37.1 Å². The smallest absolute Gasteiger partial charge is 0.288 e. The lowest BCUT2D eigenvalue weighted by Crippen LogP contribution is -2.28. The lowest BCUT2D eigenvalue weighted by molar-refractivity contribution is -0.384. The lowest BCUT2D eigenvalue weighted by Gasteiger charge is -2.13. The summed E-state index contributed by atoms with van der Waals surface area (Å²) in [5.41, 5.74) is 0.250. The molecule has 26 heavy (non-hydrogen) atoms. The van der Waals surface area contributed by atoms with Gasteiger partial charge in [0.15, 0.2) is 0 Å². The minimum absolute atomic E-state index is 0.00473. The molecule has 132 valence electrons. The zero-order chi connectivity index (χ0) is 18.7. The van der Waals surface area contributed by atoms with Crippen molar-refractivity contribution in [2.45, 2.75) is 12.8 Å². The van der Waals surface area contributed by atoms with Crippen LogP contribution in [0, 0.1) is 21.4 Å². The number of carbonyl (C=O) groups excluding carboxylic acids is 1. The molecule has 0 spiro atoms. The van der Waals surface area contributed by atoms with Crippen molar-refractivity contribution in [1.82, 2.24) is 4.90 Å². The zero-order valence-corrected chi connectivity index (χ0v) is 14.4. The van der Waals surface area contributed by atoms with Gasteiger partial charge in [0.1, 0.15) is 28.2 Å². The van der Waals surface area contributed by atoms with Crippen LogP contribution in [0.1, 0.15) is 18.6 Å². The molecule has 1 saturated heterocycles. The highest BCUT2D eigenvalue weighted by Gasteiger charge is 2.22. The number of furan rings is 1. The number of hydrogen-bond acceptors (Lipinski definition) is 5. The number of nitro groups is 1. The highest BCUT2D eigenvalue weighted by atomic mass is 35.5. The largest absolute Gasteiger partial charge is 0.457 e. The maximum atomic E-state index is 12.3. The number of halogens is 1. The van der Waals surface area contributed by atoms with Crippen LogP contribution in [0.5, 0.6) is 0 Å². The number of nitrogens with zero attached hydrogens (tertiary/aromatic N) is 3. The van der Waals surface area contributed by atoms with E-state index in [1.54, 1.807) is 23.1 Å². The van der Waals surface area contributed by atoms with E-state index in [1.165, 1.54) is 18.2 Å². The number of benzene rings is 1. The molecule has 1 aromatic heterocycles. The molecule has 8 heteroatoms. The maximum absolute atomic E-state index is 12.3. The van der Waals surface area contributed by atoms with Gasteiger partial charge < -0.3 is 9.32 Å². The summed E-state index contributed by atoms with van der Waals surface area (Å²) in [6.45, 7) is 1.30. The summed E-state index contributed by atoms with van der Waals surface area (Å²) in [4.78, 5) is 24.4. The normalized spacial score (nSPS) is 14.3. The third-order valence-corrected chi connectivity index (χ3v) is 4.40. The molecule has 0 N–H and O–H groups in total. The van der Waals surface area contributed by atoms with Crippen molar-refractivity contribution in [2.75, 3.05) is 13.1 Å². The van der Waals surface area contributed by atoms with Crippen LogP contribution in [0.4, 0.5) is 5.69 Å². The van der Waals surface area contributed by atoms with Gasteiger partial charge in [0.05, 0.1) is 4.92 Å². The minimum Gasteiger partial charge on any atom is -0.457 e. The number of hydrogen-bond donors (Lipinski definition) is 0. The molecular formula is C18H14ClN3O4. The molecule has 7 nitrogen and oxygen atoms in total. The molecule has 0 bridgehead atoms. The van der Waals surface area contributed by atoms with E-state index < -0.39 is 4.92 Å². The molecule has 0 saturated carbocycles. The van der Waals surface area contributed by atoms with E-state index in [9.17, 15) is 20.2 Å². The van der Waals surface area contributed by atoms with Crippen molar-refractivity contribution in [2.24, 2.45) is 0 Å². The van der Waals surface area contributed by atoms with Gasteiger partial charge in [-0.3, -0.25) is 14.9 Å². The first-order valence-corrected chi connectivity index (χ1v) is 8.32. The molecule has 2 aromatic rings. The van der Waals surface area contributed by atoms with Crippen molar-refractivity contribution in [3.8, 4) is 17.4 Å². The third-order valence-electron chi connectivity index (χ3n) is 4.08. The molecule has 0 unspecified atom stereocenters. The Labute approximate surface area is 154 Å². The van der Waals surface area contributed by atoms with Crippen LogP contribution in [0.25, 0.3) is 17.4 Å². The SMILES string of the molecule is N#C/C(=C\c1ccc(-c2ccc(Cl)c([N+](=O)[O-])c2)o1)C(=O)N1CCCC1. The van der Waals surface area contributed by atoms with E-state index in [0.717, 1.165) is 12.8 Å². The van der Waals surface area contributed by atoms with Crippen molar-refractivity contribution >= 4 is 29.3 Å². The monoisotopic (exact) mass is 371 g/mol. The van der Waals surface area contributed by atoms with Gasteiger partial charge in [0.25, 0.3) is 11.6 Å². The molecular weight excluding hydrogens is 358 g/mol. The molecule has 1 aliphatic heterocycles. The van der Waals surface area contributed by atoms with E-state index in [4.69, 9.17) is 16.0 Å². The molecule has 1 aromatic carbocycles. The summed E-state index contributed by atoms with van der Waals surface area (Å²) in [5, 5.41) is 20.3. The van der Waals surface area contributed by atoms with E-state index in [0.29, 0.717) is 30.2 Å². The summed E-state index contributed by atoms with van der Waals surface area (Å²) < 4.78 is 5.63. The molecule has 1 aliphatic rings. The van der Waals surface area contributed by atoms with Gasteiger partial charge in [0.2, 0.25) is 0 Å². The van der Waals surface area contributed by atoms with Gasteiger partial charge in [0, 0.05) is 30.8 Å². The van der Waals surface area contributed by atoms with Gasteiger partial charge in [-0.2, -0.15) is 5.26 Å². The van der Waals surface area contributed by atoms with E-state index >= 15 is 0 Å². The Morgan fingerprint density at radius 2 is 2.04 bits per heavy atom. The standard InChI is InChI=1S/C18H14ClN3O4/c19-15-5-3-12(10-16(15)22(24)25)17-6-4-14(26-17)9-13(11-20)18(23)21-7-1-2-8-21/h3-6,9-10H,1-2,7-8H2/b13-9+. The Hall–Kier alpha value is -3.11.